The Balaban J connectivity index is 0.000000967. The fourth-order valence-corrected chi connectivity index (χ4v) is 5.48. The zero-order valence-corrected chi connectivity index (χ0v) is 21.4. The standard InChI is InChI=1S/C25H27ClN4O2S.CO2/c1-17-13-15-30(16-14-17)23-7-4-8-24(28-23)33(31,32)29-22-12-11-21(26)25(27-22)20-6-3-2-5-19(20)18-9-10-18;2-1-3/h2-8,11-12,17-18H,9-10,13-16H2,1H3,(H,27,29);. The van der Waals surface area contributed by atoms with E-state index in [0.717, 1.165) is 44.3 Å². The molecule has 2 aliphatic rings. The number of nitrogens with one attached hydrogen (secondary N) is 1. The van der Waals surface area contributed by atoms with Gasteiger partial charge in [0.1, 0.15) is 11.6 Å². The summed E-state index contributed by atoms with van der Waals surface area (Å²) in [6, 6.07) is 16.4. The molecular formula is C26H27ClN4O4S. The highest BCUT2D eigenvalue weighted by Crippen LogP contribution is 2.45. The molecule has 0 bridgehead atoms. The number of halogens is 1. The molecule has 5 rings (SSSR count). The summed E-state index contributed by atoms with van der Waals surface area (Å²) < 4.78 is 28.9. The van der Waals surface area contributed by atoms with Gasteiger partial charge in [-0.15, -0.1) is 0 Å². The van der Waals surface area contributed by atoms with Gasteiger partial charge in [0.05, 0.1) is 10.7 Å². The Morgan fingerprint density at radius 2 is 1.64 bits per heavy atom. The summed E-state index contributed by atoms with van der Waals surface area (Å²) in [6.45, 7) is 4.01. The van der Waals surface area contributed by atoms with Crippen LogP contribution in [0.15, 0.2) is 59.6 Å². The lowest BCUT2D eigenvalue weighted by Gasteiger charge is -2.31. The van der Waals surface area contributed by atoms with Crippen LogP contribution >= 0.6 is 11.6 Å². The van der Waals surface area contributed by atoms with E-state index in [0.29, 0.717) is 28.4 Å². The van der Waals surface area contributed by atoms with E-state index >= 15 is 0 Å². The van der Waals surface area contributed by atoms with Crippen molar-refractivity contribution < 1.29 is 18.0 Å². The quantitative estimate of drug-likeness (QED) is 0.474. The van der Waals surface area contributed by atoms with Crippen molar-refractivity contribution in [2.75, 3.05) is 22.7 Å². The van der Waals surface area contributed by atoms with Gasteiger partial charge >= 0.3 is 6.15 Å². The molecule has 1 N–H and O–H groups in total. The minimum Gasteiger partial charge on any atom is -0.357 e. The Labute approximate surface area is 215 Å². The van der Waals surface area contributed by atoms with Crippen LogP contribution in [0.2, 0.25) is 5.02 Å². The first-order valence-corrected chi connectivity index (χ1v) is 13.7. The van der Waals surface area contributed by atoms with Crippen LogP contribution in [0.1, 0.15) is 44.1 Å². The van der Waals surface area contributed by atoms with Crippen molar-refractivity contribution in [3.05, 3.63) is 65.2 Å². The third kappa shape index (κ3) is 6.10. The maximum absolute atomic E-state index is 13.1. The number of piperidine rings is 1. The van der Waals surface area contributed by atoms with Crippen LogP contribution in [0.5, 0.6) is 0 Å². The van der Waals surface area contributed by atoms with Crippen molar-refractivity contribution in [1.29, 1.82) is 0 Å². The molecule has 36 heavy (non-hydrogen) atoms. The van der Waals surface area contributed by atoms with Gasteiger partial charge in [-0.1, -0.05) is 48.9 Å². The predicted molar refractivity (Wildman–Crippen MR) is 137 cm³/mol. The molecule has 1 aromatic carbocycles. The predicted octanol–water partition coefficient (Wildman–Crippen LogP) is 5.13. The number of hydrogen-bond donors (Lipinski definition) is 1. The number of benzene rings is 1. The second-order valence-corrected chi connectivity index (χ2v) is 11.1. The number of anilines is 2. The van der Waals surface area contributed by atoms with Crippen LogP contribution in [0.25, 0.3) is 11.3 Å². The lowest BCUT2D eigenvalue weighted by atomic mass is 9.99. The number of sulfonamides is 1. The second-order valence-electron chi connectivity index (χ2n) is 9.08. The molecule has 0 amide bonds. The van der Waals surface area contributed by atoms with Gasteiger partial charge in [-0.25, -0.2) is 9.97 Å². The Bertz CT molecular complexity index is 1360. The molecule has 10 heteroatoms. The molecule has 8 nitrogen and oxygen atoms in total. The number of rotatable bonds is 6. The van der Waals surface area contributed by atoms with Gasteiger partial charge in [0.25, 0.3) is 10.0 Å². The zero-order valence-electron chi connectivity index (χ0n) is 19.9. The van der Waals surface area contributed by atoms with Gasteiger partial charge in [-0.05, 0) is 67.3 Å². The largest absolute Gasteiger partial charge is 0.373 e. The lowest BCUT2D eigenvalue weighted by Crippen LogP contribution is -2.33. The average molecular weight is 527 g/mol. The first-order chi connectivity index (χ1) is 17.3. The van der Waals surface area contributed by atoms with Crippen LogP contribution in [0, 0.1) is 5.92 Å². The minimum absolute atomic E-state index is 0.0182. The topological polar surface area (TPSA) is 109 Å². The zero-order chi connectivity index (χ0) is 25.7. The number of pyridine rings is 2. The molecule has 0 unspecified atom stereocenters. The van der Waals surface area contributed by atoms with Crippen LogP contribution in [0.4, 0.5) is 11.6 Å². The molecule has 1 aliphatic carbocycles. The van der Waals surface area contributed by atoms with E-state index in [1.54, 1.807) is 18.2 Å². The van der Waals surface area contributed by atoms with Crippen molar-refractivity contribution in [2.24, 2.45) is 5.92 Å². The Kier molecular flexibility index (Phi) is 8.04. The molecule has 1 saturated heterocycles. The van der Waals surface area contributed by atoms with Gasteiger partial charge in [-0.3, -0.25) is 4.72 Å². The normalized spacial score (nSPS) is 16.0. The van der Waals surface area contributed by atoms with Gasteiger partial charge < -0.3 is 4.90 Å². The summed E-state index contributed by atoms with van der Waals surface area (Å²) in [4.78, 5) is 27.4. The second kappa shape index (κ2) is 11.2. The average Bonchev–Trinajstić information content (AvgIpc) is 3.72. The van der Waals surface area contributed by atoms with Gasteiger partial charge in [-0.2, -0.15) is 18.0 Å². The van der Waals surface area contributed by atoms with E-state index in [4.69, 9.17) is 21.2 Å². The monoisotopic (exact) mass is 526 g/mol. The summed E-state index contributed by atoms with van der Waals surface area (Å²) >= 11 is 6.48. The van der Waals surface area contributed by atoms with E-state index < -0.39 is 10.0 Å². The Morgan fingerprint density at radius 3 is 2.33 bits per heavy atom. The third-order valence-corrected chi connectivity index (χ3v) is 7.97. The highest BCUT2D eigenvalue weighted by molar-refractivity contribution is 7.92. The van der Waals surface area contributed by atoms with Crippen LogP contribution in [-0.4, -0.2) is 37.6 Å². The lowest BCUT2D eigenvalue weighted by molar-refractivity contribution is -0.191. The van der Waals surface area contributed by atoms with E-state index in [1.807, 2.05) is 24.3 Å². The highest BCUT2D eigenvalue weighted by Gasteiger charge is 2.27. The number of nitrogens with zero attached hydrogens (tertiary/aromatic N) is 3. The smallest absolute Gasteiger partial charge is 0.357 e. The van der Waals surface area contributed by atoms with Crippen molar-refractivity contribution in [3.63, 3.8) is 0 Å². The van der Waals surface area contributed by atoms with Crippen LogP contribution < -0.4 is 9.62 Å². The van der Waals surface area contributed by atoms with Crippen LogP contribution in [-0.2, 0) is 19.6 Å². The molecule has 0 radical (unpaired) electrons. The number of carbonyl (C=O) groups excluding carboxylic acids is 2. The molecular weight excluding hydrogens is 500 g/mol. The first kappa shape index (κ1) is 25.8. The molecule has 2 fully saturated rings. The molecule has 188 valence electrons. The molecule has 1 saturated carbocycles. The Morgan fingerprint density at radius 1 is 0.944 bits per heavy atom. The van der Waals surface area contributed by atoms with E-state index in [1.165, 1.54) is 11.6 Å². The summed E-state index contributed by atoms with van der Waals surface area (Å²) in [5.41, 5.74) is 2.74. The SMILES string of the molecule is CC1CCN(c2cccc(S(=O)(=O)Nc3ccc(Cl)c(-c4ccccc4C4CC4)n3)n2)CC1.O=C=O. The van der Waals surface area contributed by atoms with Gasteiger partial charge in [0.15, 0.2) is 5.03 Å². The minimum atomic E-state index is -3.90. The maximum Gasteiger partial charge on any atom is 0.373 e. The molecule has 0 spiro atoms. The fourth-order valence-electron chi connectivity index (χ4n) is 4.31. The van der Waals surface area contributed by atoms with Gasteiger partial charge in [0, 0.05) is 18.7 Å². The van der Waals surface area contributed by atoms with Crippen molar-refractivity contribution in [1.82, 2.24) is 9.97 Å². The van der Waals surface area contributed by atoms with E-state index in [-0.39, 0.29) is 17.0 Å². The first-order valence-electron chi connectivity index (χ1n) is 11.8. The van der Waals surface area contributed by atoms with E-state index in [2.05, 4.69) is 32.6 Å². The number of aromatic nitrogens is 2. The van der Waals surface area contributed by atoms with Crippen LogP contribution in [0.3, 0.4) is 0 Å². The summed E-state index contributed by atoms with van der Waals surface area (Å²) in [5, 5.41) is 0.473. The number of hydrogen-bond acceptors (Lipinski definition) is 7. The highest BCUT2D eigenvalue weighted by atomic mass is 35.5. The third-order valence-electron chi connectivity index (χ3n) is 6.41. The summed E-state index contributed by atoms with van der Waals surface area (Å²) in [5.74, 6) is 2.11. The summed E-state index contributed by atoms with van der Waals surface area (Å²) in [6.07, 6.45) is 4.71. The van der Waals surface area contributed by atoms with Crippen molar-refractivity contribution >= 4 is 39.4 Å². The van der Waals surface area contributed by atoms with E-state index in [9.17, 15) is 8.42 Å². The van der Waals surface area contributed by atoms with Gasteiger partial charge in [0.2, 0.25) is 0 Å². The fraction of sp³-hybridized carbons (Fsp3) is 0.346. The molecule has 0 atom stereocenters. The Hall–Kier alpha value is -3.26. The maximum atomic E-state index is 13.1. The molecule has 3 aromatic rings. The summed E-state index contributed by atoms with van der Waals surface area (Å²) in [7, 11) is -3.90. The molecule has 1 aliphatic heterocycles. The molecule has 3 heterocycles. The van der Waals surface area contributed by atoms with Crippen molar-refractivity contribution in [3.8, 4) is 11.3 Å². The van der Waals surface area contributed by atoms with Crippen molar-refractivity contribution in [2.45, 2.75) is 43.6 Å². The molecule has 2 aromatic heterocycles.